The number of rotatable bonds is 3. The summed E-state index contributed by atoms with van der Waals surface area (Å²) in [6, 6.07) is 18.1. The van der Waals surface area contributed by atoms with Crippen LogP contribution in [0.15, 0.2) is 54.6 Å². The molecule has 0 amide bonds. The molecule has 2 aromatic carbocycles. The van der Waals surface area contributed by atoms with Gasteiger partial charge in [-0.15, -0.1) is 0 Å². The van der Waals surface area contributed by atoms with Gasteiger partial charge in [0.1, 0.15) is 11.4 Å². The minimum absolute atomic E-state index is 0.166. The van der Waals surface area contributed by atoms with Crippen LogP contribution in [0, 0.1) is 6.92 Å². The maximum Gasteiger partial charge on any atom is 0.169 e. The predicted molar refractivity (Wildman–Crippen MR) is 89.9 cm³/mol. The minimum Gasteiger partial charge on any atom is -0.504 e. The van der Waals surface area contributed by atoms with Crippen molar-refractivity contribution in [1.82, 2.24) is 9.78 Å². The van der Waals surface area contributed by atoms with Crippen molar-refractivity contribution in [3.8, 4) is 28.3 Å². The third kappa shape index (κ3) is 2.50. The molecule has 0 unspecified atom stereocenters. The molecular formula is C19H20N2O. The van der Waals surface area contributed by atoms with Crippen molar-refractivity contribution >= 4 is 0 Å². The molecule has 0 saturated carbocycles. The summed E-state index contributed by atoms with van der Waals surface area (Å²) < 4.78 is 1.89. The third-order valence-corrected chi connectivity index (χ3v) is 3.75. The number of hydrogen-bond acceptors (Lipinski definition) is 2. The van der Waals surface area contributed by atoms with E-state index >= 15 is 0 Å². The fourth-order valence-electron chi connectivity index (χ4n) is 2.57. The van der Waals surface area contributed by atoms with E-state index in [-0.39, 0.29) is 11.8 Å². The zero-order chi connectivity index (χ0) is 15.7. The molecule has 0 atom stereocenters. The Morgan fingerprint density at radius 2 is 1.55 bits per heavy atom. The van der Waals surface area contributed by atoms with Crippen LogP contribution in [0.25, 0.3) is 22.5 Å². The average Bonchev–Trinajstić information content (AvgIpc) is 2.87. The highest BCUT2D eigenvalue weighted by Gasteiger charge is 2.21. The van der Waals surface area contributed by atoms with Crippen LogP contribution in [-0.2, 0) is 0 Å². The average molecular weight is 292 g/mol. The van der Waals surface area contributed by atoms with Gasteiger partial charge >= 0.3 is 0 Å². The van der Waals surface area contributed by atoms with Crippen molar-refractivity contribution in [2.75, 3.05) is 0 Å². The second-order valence-corrected chi connectivity index (χ2v) is 5.82. The van der Waals surface area contributed by atoms with E-state index in [0.717, 1.165) is 16.8 Å². The first-order valence-electron chi connectivity index (χ1n) is 7.52. The molecule has 0 aliphatic rings. The number of nitrogens with zero attached hydrogens (tertiary/aromatic N) is 2. The van der Waals surface area contributed by atoms with Gasteiger partial charge in [0, 0.05) is 17.2 Å². The van der Waals surface area contributed by atoms with Crippen molar-refractivity contribution in [3.63, 3.8) is 0 Å². The summed E-state index contributed by atoms with van der Waals surface area (Å²) in [6.07, 6.45) is 0. The van der Waals surface area contributed by atoms with E-state index < -0.39 is 0 Å². The summed E-state index contributed by atoms with van der Waals surface area (Å²) in [5, 5.41) is 15.4. The monoisotopic (exact) mass is 292 g/mol. The highest BCUT2D eigenvalue weighted by atomic mass is 16.3. The maximum atomic E-state index is 10.8. The predicted octanol–water partition coefficient (Wildman–Crippen LogP) is 4.81. The minimum atomic E-state index is 0.166. The van der Waals surface area contributed by atoms with Gasteiger partial charge in [-0.3, -0.25) is 4.68 Å². The molecule has 22 heavy (non-hydrogen) atoms. The van der Waals surface area contributed by atoms with Crippen LogP contribution in [-0.4, -0.2) is 14.9 Å². The summed E-state index contributed by atoms with van der Waals surface area (Å²) in [5.41, 5.74) is 4.50. The maximum absolute atomic E-state index is 10.8. The second-order valence-electron chi connectivity index (χ2n) is 5.82. The summed E-state index contributed by atoms with van der Waals surface area (Å²) in [5.74, 6) is 0.240. The topological polar surface area (TPSA) is 38.1 Å². The van der Waals surface area contributed by atoms with E-state index in [2.05, 4.69) is 38.0 Å². The molecule has 0 saturated heterocycles. The van der Waals surface area contributed by atoms with Crippen LogP contribution in [0.5, 0.6) is 5.75 Å². The highest BCUT2D eigenvalue weighted by Crippen LogP contribution is 2.39. The van der Waals surface area contributed by atoms with Gasteiger partial charge in [0.25, 0.3) is 0 Å². The molecule has 3 nitrogen and oxygen atoms in total. The molecule has 3 aromatic rings. The highest BCUT2D eigenvalue weighted by molar-refractivity contribution is 5.78. The molecule has 0 bridgehead atoms. The van der Waals surface area contributed by atoms with Crippen molar-refractivity contribution in [2.24, 2.45) is 0 Å². The third-order valence-electron chi connectivity index (χ3n) is 3.75. The van der Waals surface area contributed by atoms with E-state index in [1.54, 1.807) is 0 Å². The summed E-state index contributed by atoms with van der Waals surface area (Å²) >= 11 is 0. The Morgan fingerprint density at radius 3 is 2.14 bits per heavy atom. The van der Waals surface area contributed by atoms with Crippen LogP contribution < -0.4 is 0 Å². The Morgan fingerprint density at radius 1 is 0.909 bits per heavy atom. The lowest BCUT2D eigenvalue weighted by atomic mass is 10.1. The smallest absolute Gasteiger partial charge is 0.169 e. The fraction of sp³-hybridized carbons (Fsp3) is 0.211. The Labute approximate surface area is 130 Å². The van der Waals surface area contributed by atoms with Crippen molar-refractivity contribution < 1.29 is 5.11 Å². The Bertz CT molecular complexity index is 771. The summed E-state index contributed by atoms with van der Waals surface area (Å²) in [7, 11) is 0. The van der Waals surface area contributed by atoms with Gasteiger partial charge in [0.2, 0.25) is 0 Å². The largest absolute Gasteiger partial charge is 0.504 e. The van der Waals surface area contributed by atoms with Gasteiger partial charge in [-0.2, -0.15) is 5.10 Å². The Balaban J connectivity index is 2.21. The van der Waals surface area contributed by atoms with E-state index in [0.29, 0.717) is 5.69 Å². The molecule has 0 radical (unpaired) electrons. The van der Waals surface area contributed by atoms with Gasteiger partial charge in [0.05, 0.1) is 0 Å². The molecule has 1 N–H and O–H groups in total. The first-order valence-corrected chi connectivity index (χ1v) is 7.52. The summed E-state index contributed by atoms with van der Waals surface area (Å²) in [6.45, 7) is 6.19. The molecule has 112 valence electrons. The number of aryl methyl sites for hydroxylation is 1. The molecule has 3 heteroatoms. The molecular weight excluding hydrogens is 272 g/mol. The lowest BCUT2D eigenvalue weighted by Gasteiger charge is -2.11. The zero-order valence-electron chi connectivity index (χ0n) is 13.1. The van der Waals surface area contributed by atoms with Gasteiger partial charge in [-0.05, 0) is 20.8 Å². The standard InChI is InChI=1S/C19H20N2O/c1-13(2)21-18(16-11-9-14(3)10-12-16)19(22)17(20-21)15-7-5-4-6-8-15/h4-13,22H,1-3H3. The van der Waals surface area contributed by atoms with Gasteiger partial charge in [-0.1, -0.05) is 60.2 Å². The first kappa shape index (κ1) is 14.4. The summed E-state index contributed by atoms with van der Waals surface area (Å²) in [4.78, 5) is 0. The molecule has 1 heterocycles. The van der Waals surface area contributed by atoms with Crippen molar-refractivity contribution in [1.29, 1.82) is 0 Å². The number of benzene rings is 2. The fourth-order valence-corrected chi connectivity index (χ4v) is 2.57. The van der Waals surface area contributed by atoms with E-state index in [1.807, 2.05) is 47.1 Å². The molecule has 0 spiro atoms. The Kier molecular flexibility index (Phi) is 3.72. The molecule has 0 aliphatic heterocycles. The SMILES string of the molecule is Cc1ccc(-c2c(O)c(-c3ccccc3)nn2C(C)C)cc1. The zero-order valence-corrected chi connectivity index (χ0v) is 13.1. The normalized spacial score (nSPS) is 11.1. The molecule has 0 fully saturated rings. The quantitative estimate of drug-likeness (QED) is 0.752. The number of hydrogen-bond donors (Lipinski definition) is 1. The molecule has 3 rings (SSSR count). The van der Waals surface area contributed by atoms with Crippen LogP contribution in [0.1, 0.15) is 25.5 Å². The first-order chi connectivity index (χ1) is 10.6. The van der Waals surface area contributed by atoms with E-state index in [1.165, 1.54) is 5.56 Å². The van der Waals surface area contributed by atoms with Gasteiger partial charge < -0.3 is 5.11 Å². The van der Waals surface area contributed by atoms with Crippen LogP contribution in [0.2, 0.25) is 0 Å². The Hall–Kier alpha value is -2.55. The van der Waals surface area contributed by atoms with Crippen LogP contribution >= 0.6 is 0 Å². The molecule has 0 aliphatic carbocycles. The number of aromatic hydroxyl groups is 1. The lowest BCUT2D eigenvalue weighted by Crippen LogP contribution is -2.04. The lowest BCUT2D eigenvalue weighted by molar-refractivity contribution is 0.475. The van der Waals surface area contributed by atoms with Crippen molar-refractivity contribution in [2.45, 2.75) is 26.8 Å². The van der Waals surface area contributed by atoms with Crippen molar-refractivity contribution in [3.05, 3.63) is 60.2 Å². The number of aromatic nitrogens is 2. The molecule has 1 aromatic heterocycles. The van der Waals surface area contributed by atoms with Gasteiger partial charge in [0.15, 0.2) is 5.75 Å². The van der Waals surface area contributed by atoms with Crippen LogP contribution in [0.3, 0.4) is 0 Å². The van der Waals surface area contributed by atoms with E-state index in [9.17, 15) is 5.11 Å². The van der Waals surface area contributed by atoms with Crippen LogP contribution in [0.4, 0.5) is 0 Å². The second kappa shape index (κ2) is 5.68. The van der Waals surface area contributed by atoms with E-state index in [4.69, 9.17) is 0 Å². The van der Waals surface area contributed by atoms with Gasteiger partial charge in [-0.25, -0.2) is 0 Å².